The molecule has 5 atom stereocenters. The first-order valence-electron chi connectivity index (χ1n) is 6.54. The van der Waals surface area contributed by atoms with Gasteiger partial charge >= 0.3 is 0 Å². The highest BCUT2D eigenvalue weighted by Crippen LogP contribution is 2.63. The van der Waals surface area contributed by atoms with Crippen molar-refractivity contribution in [1.82, 2.24) is 0 Å². The maximum absolute atomic E-state index is 5.67. The van der Waals surface area contributed by atoms with Gasteiger partial charge in [0.2, 0.25) is 0 Å². The van der Waals surface area contributed by atoms with Crippen LogP contribution in [0.2, 0.25) is 0 Å². The number of fused-ring (bicyclic) bond motifs is 1. The maximum atomic E-state index is 5.67. The van der Waals surface area contributed by atoms with Crippen molar-refractivity contribution in [3.63, 3.8) is 0 Å². The summed E-state index contributed by atoms with van der Waals surface area (Å²) in [5.74, 6) is 1.39. The molecule has 3 aliphatic rings. The molecule has 1 saturated heterocycles. The van der Waals surface area contributed by atoms with Crippen molar-refractivity contribution in [1.29, 1.82) is 0 Å². The van der Waals surface area contributed by atoms with E-state index in [-0.39, 0.29) is 0 Å². The van der Waals surface area contributed by atoms with Crippen LogP contribution in [0.1, 0.15) is 39.5 Å². The van der Waals surface area contributed by atoms with Crippen LogP contribution in [0.25, 0.3) is 0 Å². The SMILES string of the molecule is C=C(C)[C@H]1CCC(=C)[C@]2(C1)C[C@H]1O[C@H]1[C@H]2C. The van der Waals surface area contributed by atoms with E-state index in [1.807, 2.05) is 0 Å². The lowest BCUT2D eigenvalue weighted by Crippen LogP contribution is -2.36. The Hall–Kier alpha value is -0.560. The minimum absolute atomic E-state index is 0.384. The molecule has 0 bridgehead atoms. The van der Waals surface area contributed by atoms with E-state index in [0.717, 1.165) is 0 Å². The van der Waals surface area contributed by atoms with Crippen LogP contribution in [0, 0.1) is 17.3 Å². The molecule has 0 aromatic rings. The number of rotatable bonds is 1. The van der Waals surface area contributed by atoms with E-state index in [2.05, 4.69) is 27.0 Å². The quantitative estimate of drug-likeness (QED) is 0.483. The molecule has 0 amide bonds. The topological polar surface area (TPSA) is 12.5 Å². The largest absolute Gasteiger partial charge is 0.369 e. The first kappa shape index (κ1) is 10.6. The fraction of sp³-hybridized carbons (Fsp3) is 0.733. The van der Waals surface area contributed by atoms with Gasteiger partial charge in [-0.05, 0) is 49.9 Å². The van der Waals surface area contributed by atoms with E-state index in [0.29, 0.717) is 29.5 Å². The smallest absolute Gasteiger partial charge is 0.0876 e. The fourth-order valence-electron chi connectivity index (χ4n) is 4.06. The molecular formula is C15H22O. The van der Waals surface area contributed by atoms with Crippen molar-refractivity contribution < 1.29 is 4.74 Å². The molecular weight excluding hydrogens is 196 g/mol. The molecule has 2 saturated carbocycles. The highest BCUT2D eigenvalue weighted by atomic mass is 16.6. The Morgan fingerprint density at radius 1 is 1.44 bits per heavy atom. The van der Waals surface area contributed by atoms with E-state index in [1.54, 1.807) is 0 Å². The van der Waals surface area contributed by atoms with Gasteiger partial charge in [0.05, 0.1) is 12.2 Å². The first-order chi connectivity index (χ1) is 7.54. The summed E-state index contributed by atoms with van der Waals surface area (Å²) in [6.07, 6.45) is 6.05. The molecule has 0 radical (unpaired) electrons. The molecule has 0 N–H and O–H groups in total. The molecule has 2 aliphatic carbocycles. The van der Waals surface area contributed by atoms with Crippen LogP contribution in [-0.2, 0) is 4.74 Å². The van der Waals surface area contributed by atoms with Gasteiger partial charge in [-0.2, -0.15) is 0 Å². The van der Waals surface area contributed by atoms with Gasteiger partial charge in [-0.3, -0.25) is 0 Å². The zero-order valence-corrected chi connectivity index (χ0v) is 10.5. The van der Waals surface area contributed by atoms with Gasteiger partial charge in [0.1, 0.15) is 0 Å². The Morgan fingerprint density at radius 3 is 2.75 bits per heavy atom. The van der Waals surface area contributed by atoms with Gasteiger partial charge in [-0.15, -0.1) is 0 Å². The normalized spacial score (nSPS) is 50.5. The van der Waals surface area contributed by atoms with Crippen LogP contribution >= 0.6 is 0 Å². The van der Waals surface area contributed by atoms with Crippen molar-refractivity contribution in [2.45, 2.75) is 51.7 Å². The Balaban J connectivity index is 1.87. The first-order valence-corrected chi connectivity index (χ1v) is 6.54. The van der Waals surface area contributed by atoms with E-state index in [1.165, 1.54) is 36.8 Å². The molecule has 1 nitrogen and oxygen atoms in total. The zero-order chi connectivity index (χ0) is 11.5. The van der Waals surface area contributed by atoms with E-state index < -0.39 is 0 Å². The van der Waals surface area contributed by atoms with Crippen molar-refractivity contribution in [2.24, 2.45) is 17.3 Å². The van der Waals surface area contributed by atoms with Gasteiger partial charge in [0.25, 0.3) is 0 Å². The molecule has 1 aliphatic heterocycles. The Labute approximate surface area is 98.6 Å². The van der Waals surface area contributed by atoms with E-state index >= 15 is 0 Å². The number of epoxide rings is 1. The second kappa shape index (κ2) is 3.22. The van der Waals surface area contributed by atoms with Crippen LogP contribution in [0.3, 0.4) is 0 Å². The molecule has 0 aromatic carbocycles. The minimum Gasteiger partial charge on any atom is -0.369 e. The van der Waals surface area contributed by atoms with E-state index in [9.17, 15) is 0 Å². The summed E-state index contributed by atoms with van der Waals surface area (Å²) in [5, 5.41) is 0. The average Bonchev–Trinajstić information content (AvgIpc) is 2.93. The lowest BCUT2D eigenvalue weighted by Gasteiger charge is -2.44. The summed E-state index contributed by atoms with van der Waals surface area (Å²) >= 11 is 0. The standard InChI is InChI=1S/C15H22O/c1-9(2)12-6-5-10(3)15(7-12)8-13-14(16-13)11(15)4/h11-14H,1,3,5-8H2,2,4H3/t11-,12+,13-,14+,15+/m1/s1. The van der Waals surface area contributed by atoms with Crippen LogP contribution in [0.4, 0.5) is 0 Å². The zero-order valence-electron chi connectivity index (χ0n) is 10.5. The summed E-state index contributed by atoms with van der Waals surface area (Å²) < 4.78 is 5.67. The minimum atomic E-state index is 0.384. The highest BCUT2D eigenvalue weighted by Gasteiger charge is 2.62. The monoisotopic (exact) mass is 218 g/mol. The number of hydrogen-bond acceptors (Lipinski definition) is 1. The summed E-state index contributed by atoms with van der Waals surface area (Å²) in [7, 11) is 0. The van der Waals surface area contributed by atoms with Crippen molar-refractivity contribution in [3.8, 4) is 0 Å². The number of ether oxygens (including phenoxy) is 1. The average molecular weight is 218 g/mol. The third-order valence-corrected chi connectivity index (χ3v) is 5.36. The van der Waals surface area contributed by atoms with Crippen LogP contribution in [0.5, 0.6) is 0 Å². The molecule has 16 heavy (non-hydrogen) atoms. The number of allylic oxidation sites excluding steroid dienone is 2. The van der Waals surface area contributed by atoms with Crippen LogP contribution in [0.15, 0.2) is 24.3 Å². The van der Waals surface area contributed by atoms with Crippen molar-refractivity contribution >= 4 is 0 Å². The molecule has 1 heteroatoms. The lowest BCUT2D eigenvalue weighted by molar-refractivity contribution is 0.0982. The van der Waals surface area contributed by atoms with Gasteiger partial charge in [-0.25, -0.2) is 0 Å². The molecule has 1 heterocycles. The van der Waals surface area contributed by atoms with Gasteiger partial charge in [-0.1, -0.05) is 31.2 Å². The summed E-state index contributed by atoms with van der Waals surface area (Å²) in [6, 6.07) is 0. The summed E-state index contributed by atoms with van der Waals surface area (Å²) in [4.78, 5) is 0. The maximum Gasteiger partial charge on any atom is 0.0876 e. The van der Waals surface area contributed by atoms with E-state index in [4.69, 9.17) is 4.74 Å². The fourth-order valence-corrected chi connectivity index (χ4v) is 4.06. The van der Waals surface area contributed by atoms with Crippen molar-refractivity contribution in [3.05, 3.63) is 24.3 Å². The second-order valence-electron chi connectivity index (χ2n) is 6.18. The van der Waals surface area contributed by atoms with Gasteiger partial charge in [0, 0.05) is 0 Å². The highest BCUT2D eigenvalue weighted by molar-refractivity contribution is 5.26. The second-order valence-corrected chi connectivity index (χ2v) is 6.18. The predicted octanol–water partition coefficient (Wildman–Crippen LogP) is 3.71. The lowest BCUT2D eigenvalue weighted by atomic mass is 9.61. The van der Waals surface area contributed by atoms with Crippen molar-refractivity contribution in [2.75, 3.05) is 0 Å². The third kappa shape index (κ3) is 1.27. The number of hydrogen-bond donors (Lipinski definition) is 0. The van der Waals surface area contributed by atoms with Crippen LogP contribution in [-0.4, -0.2) is 12.2 Å². The third-order valence-electron chi connectivity index (χ3n) is 5.36. The molecule has 0 unspecified atom stereocenters. The van der Waals surface area contributed by atoms with Gasteiger partial charge < -0.3 is 4.74 Å². The summed E-state index contributed by atoms with van der Waals surface area (Å²) in [6.45, 7) is 13.1. The molecule has 3 fully saturated rings. The summed E-state index contributed by atoms with van der Waals surface area (Å²) in [5.41, 5.74) is 3.24. The molecule has 88 valence electrons. The Kier molecular flexibility index (Phi) is 2.13. The Bertz CT molecular complexity index is 356. The molecule has 3 rings (SSSR count). The molecule has 0 aromatic heterocycles. The molecule has 1 spiro atoms. The Morgan fingerprint density at radius 2 is 2.19 bits per heavy atom. The predicted molar refractivity (Wildman–Crippen MR) is 66.2 cm³/mol. The van der Waals surface area contributed by atoms with Crippen LogP contribution < -0.4 is 0 Å². The van der Waals surface area contributed by atoms with Gasteiger partial charge in [0.15, 0.2) is 0 Å².